The maximum Gasteiger partial charge on any atom is 0.416 e. The van der Waals surface area contributed by atoms with E-state index in [0.29, 0.717) is 38.3 Å². The maximum absolute atomic E-state index is 13.0. The fraction of sp³-hybridized carbons (Fsp3) is 0.304. The summed E-state index contributed by atoms with van der Waals surface area (Å²) in [5, 5.41) is 9.37. The summed E-state index contributed by atoms with van der Waals surface area (Å²) >= 11 is 0. The molecule has 1 aliphatic heterocycles. The molecule has 1 aliphatic rings. The maximum atomic E-state index is 13.0. The number of aromatic nitrogens is 1. The summed E-state index contributed by atoms with van der Waals surface area (Å²) in [6, 6.07) is 11.2. The van der Waals surface area contributed by atoms with E-state index in [2.05, 4.69) is 4.98 Å². The van der Waals surface area contributed by atoms with Gasteiger partial charge in [-0.15, -0.1) is 0 Å². The molecule has 2 aromatic carbocycles. The lowest BCUT2D eigenvalue weighted by Crippen LogP contribution is -2.49. The van der Waals surface area contributed by atoms with Crippen molar-refractivity contribution < 1.29 is 27.5 Å². The molecule has 1 saturated heterocycles. The third-order valence-electron chi connectivity index (χ3n) is 5.56. The molecule has 33 heavy (non-hydrogen) atoms. The van der Waals surface area contributed by atoms with Gasteiger partial charge in [0.25, 0.3) is 5.91 Å². The molecule has 0 radical (unpaired) electrons. The number of anilines is 1. The Kier molecular flexibility index (Phi) is 6.28. The lowest BCUT2D eigenvalue weighted by molar-refractivity contribution is -0.137. The summed E-state index contributed by atoms with van der Waals surface area (Å²) in [5.41, 5.74) is 6.95. The second kappa shape index (κ2) is 9.14. The van der Waals surface area contributed by atoms with Gasteiger partial charge in [-0.05, 0) is 42.3 Å². The molecular formula is C23H23F3N4O3. The minimum atomic E-state index is -4.40. The van der Waals surface area contributed by atoms with Crippen molar-refractivity contribution >= 4 is 11.6 Å². The van der Waals surface area contributed by atoms with E-state index in [1.54, 1.807) is 35.2 Å². The van der Waals surface area contributed by atoms with E-state index in [9.17, 15) is 23.1 Å². The second-order valence-electron chi connectivity index (χ2n) is 7.88. The molecule has 0 saturated carbocycles. The summed E-state index contributed by atoms with van der Waals surface area (Å²) in [6.07, 6.45) is -2.71. The summed E-state index contributed by atoms with van der Waals surface area (Å²) in [4.78, 5) is 20.5. The standard InChI is InChI=1S/C23H23F3N4O3/c24-23(25,26)16-2-1-3-17(13-16)29-8-10-30(11-9-29)22(32)20-14-33-21(28-20)19(27)12-15-4-6-18(31)7-5-15/h1-7,13-14,19,31H,8-12,27H2. The highest BCUT2D eigenvalue weighted by Gasteiger charge is 2.31. The van der Waals surface area contributed by atoms with Crippen molar-refractivity contribution in [2.75, 3.05) is 31.1 Å². The lowest BCUT2D eigenvalue weighted by Gasteiger charge is -2.36. The molecule has 2 heterocycles. The monoisotopic (exact) mass is 460 g/mol. The third-order valence-corrected chi connectivity index (χ3v) is 5.56. The van der Waals surface area contributed by atoms with Crippen LogP contribution in [0.3, 0.4) is 0 Å². The molecule has 1 unspecified atom stereocenters. The van der Waals surface area contributed by atoms with Gasteiger partial charge in [-0.1, -0.05) is 18.2 Å². The molecule has 3 aromatic rings. The number of carbonyl (C=O) groups is 1. The zero-order chi connectivity index (χ0) is 23.6. The number of nitrogens with zero attached hydrogens (tertiary/aromatic N) is 3. The number of amides is 1. The summed E-state index contributed by atoms with van der Waals surface area (Å²) < 4.78 is 44.4. The van der Waals surface area contributed by atoms with Gasteiger partial charge in [-0.25, -0.2) is 4.98 Å². The largest absolute Gasteiger partial charge is 0.508 e. The van der Waals surface area contributed by atoms with Crippen molar-refractivity contribution in [2.24, 2.45) is 5.73 Å². The topological polar surface area (TPSA) is 95.8 Å². The van der Waals surface area contributed by atoms with Gasteiger partial charge in [0.15, 0.2) is 5.69 Å². The van der Waals surface area contributed by atoms with E-state index in [1.165, 1.54) is 12.3 Å². The Morgan fingerprint density at radius 1 is 1.12 bits per heavy atom. The Bertz CT molecular complexity index is 1110. The van der Waals surface area contributed by atoms with Gasteiger partial charge in [0.05, 0.1) is 11.6 Å². The smallest absolute Gasteiger partial charge is 0.416 e. The Hall–Kier alpha value is -3.53. The number of benzene rings is 2. The first-order chi connectivity index (χ1) is 15.7. The van der Waals surface area contributed by atoms with Crippen molar-refractivity contribution in [3.63, 3.8) is 0 Å². The number of rotatable bonds is 5. The molecule has 1 amide bonds. The van der Waals surface area contributed by atoms with Crippen molar-refractivity contribution in [1.29, 1.82) is 0 Å². The zero-order valence-electron chi connectivity index (χ0n) is 17.6. The minimum Gasteiger partial charge on any atom is -0.508 e. The van der Waals surface area contributed by atoms with Crippen molar-refractivity contribution in [3.8, 4) is 5.75 Å². The predicted octanol–water partition coefficient (Wildman–Crippen LogP) is 3.60. The van der Waals surface area contributed by atoms with Crippen LogP contribution in [0.2, 0.25) is 0 Å². The first kappa shape index (κ1) is 22.7. The number of aromatic hydroxyl groups is 1. The van der Waals surface area contributed by atoms with Gasteiger partial charge in [0.2, 0.25) is 5.89 Å². The predicted molar refractivity (Wildman–Crippen MR) is 115 cm³/mol. The number of phenolic OH excluding ortho intramolecular Hbond substituents is 1. The average molecular weight is 460 g/mol. The lowest BCUT2D eigenvalue weighted by atomic mass is 10.1. The van der Waals surface area contributed by atoms with E-state index >= 15 is 0 Å². The Morgan fingerprint density at radius 3 is 2.48 bits per heavy atom. The number of phenols is 1. The molecule has 7 nitrogen and oxygen atoms in total. The number of piperazine rings is 1. The number of hydrogen-bond donors (Lipinski definition) is 2. The van der Waals surface area contributed by atoms with Gasteiger partial charge < -0.3 is 25.1 Å². The van der Waals surface area contributed by atoms with Crippen molar-refractivity contribution in [3.05, 3.63) is 77.5 Å². The van der Waals surface area contributed by atoms with Crippen LogP contribution in [0.15, 0.2) is 59.2 Å². The summed E-state index contributed by atoms with van der Waals surface area (Å²) in [6.45, 7) is 1.49. The van der Waals surface area contributed by atoms with Crippen LogP contribution in [-0.2, 0) is 12.6 Å². The first-order valence-electron chi connectivity index (χ1n) is 10.4. The number of carbonyl (C=O) groups excluding carboxylic acids is 1. The Morgan fingerprint density at radius 2 is 1.82 bits per heavy atom. The number of halogens is 3. The zero-order valence-corrected chi connectivity index (χ0v) is 17.6. The van der Waals surface area contributed by atoms with Crippen LogP contribution in [0.1, 0.15) is 33.5 Å². The molecule has 1 atom stereocenters. The van der Waals surface area contributed by atoms with Gasteiger partial charge in [0, 0.05) is 31.9 Å². The number of nitrogens with two attached hydrogens (primary N) is 1. The van der Waals surface area contributed by atoms with Crippen LogP contribution in [0.4, 0.5) is 18.9 Å². The molecule has 10 heteroatoms. The highest BCUT2D eigenvalue weighted by Crippen LogP contribution is 2.32. The average Bonchev–Trinajstić information content (AvgIpc) is 3.30. The van der Waals surface area contributed by atoms with E-state index in [4.69, 9.17) is 10.2 Å². The molecule has 0 aliphatic carbocycles. The third kappa shape index (κ3) is 5.28. The van der Waals surface area contributed by atoms with E-state index < -0.39 is 17.8 Å². The molecule has 0 spiro atoms. The molecule has 3 N–H and O–H groups in total. The summed E-state index contributed by atoms with van der Waals surface area (Å²) in [7, 11) is 0. The van der Waals surface area contributed by atoms with Gasteiger partial charge in [-0.3, -0.25) is 4.79 Å². The Labute approximate surface area is 188 Å². The highest BCUT2D eigenvalue weighted by molar-refractivity contribution is 5.92. The minimum absolute atomic E-state index is 0.138. The fourth-order valence-electron chi connectivity index (χ4n) is 3.74. The fourth-order valence-corrected chi connectivity index (χ4v) is 3.74. The van der Waals surface area contributed by atoms with Crippen LogP contribution in [0.25, 0.3) is 0 Å². The molecule has 0 bridgehead atoms. The highest BCUT2D eigenvalue weighted by atomic mass is 19.4. The summed E-state index contributed by atoms with van der Waals surface area (Å²) in [5.74, 6) is 0.0732. The van der Waals surface area contributed by atoms with Crippen LogP contribution in [0, 0.1) is 0 Å². The normalized spacial score (nSPS) is 15.5. The molecule has 1 fully saturated rings. The van der Waals surface area contributed by atoms with E-state index in [0.717, 1.165) is 17.7 Å². The second-order valence-corrected chi connectivity index (χ2v) is 7.88. The molecule has 1 aromatic heterocycles. The number of alkyl halides is 3. The van der Waals surface area contributed by atoms with Crippen molar-refractivity contribution in [2.45, 2.75) is 18.6 Å². The van der Waals surface area contributed by atoms with Crippen LogP contribution in [0.5, 0.6) is 5.75 Å². The van der Waals surface area contributed by atoms with E-state index in [-0.39, 0.29) is 23.2 Å². The SMILES string of the molecule is NC(Cc1ccc(O)cc1)c1nc(C(=O)N2CCN(c3cccc(C(F)(F)F)c3)CC2)co1. The van der Waals surface area contributed by atoms with Gasteiger partial charge >= 0.3 is 6.18 Å². The quantitative estimate of drug-likeness (QED) is 0.604. The number of oxazole rings is 1. The first-order valence-corrected chi connectivity index (χ1v) is 10.4. The molecular weight excluding hydrogens is 437 g/mol. The number of hydrogen-bond acceptors (Lipinski definition) is 6. The van der Waals surface area contributed by atoms with Crippen LogP contribution in [-0.4, -0.2) is 47.1 Å². The van der Waals surface area contributed by atoms with Crippen LogP contribution < -0.4 is 10.6 Å². The van der Waals surface area contributed by atoms with E-state index in [1.807, 2.05) is 4.90 Å². The van der Waals surface area contributed by atoms with Crippen LogP contribution >= 0.6 is 0 Å². The Balaban J connectivity index is 1.35. The molecule has 174 valence electrons. The van der Waals surface area contributed by atoms with Gasteiger partial charge in [-0.2, -0.15) is 13.2 Å². The van der Waals surface area contributed by atoms with Gasteiger partial charge in [0.1, 0.15) is 12.0 Å². The molecule has 4 rings (SSSR count). The van der Waals surface area contributed by atoms with Crippen molar-refractivity contribution in [1.82, 2.24) is 9.88 Å².